The normalized spacial score (nSPS) is 11.9. The van der Waals surface area contributed by atoms with Crippen molar-refractivity contribution in [2.24, 2.45) is 0 Å². The molecule has 0 aliphatic carbocycles. The quantitative estimate of drug-likeness (QED) is 0.108. The third kappa shape index (κ3) is 21.1. The molecule has 0 unspecified atom stereocenters. The minimum absolute atomic E-state index is 0.0515. The van der Waals surface area contributed by atoms with Gasteiger partial charge in [-0.15, -0.1) is 0 Å². The highest BCUT2D eigenvalue weighted by atomic mass is 35.7. The molecule has 5 aromatic carbocycles. The Morgan fingerprint density at radius 2 is 0.831 bits per heavy atom. The summed E-state index contributed by atoms with van der Waals surface area (Å²) in [5.41, 5.74) is 5.37. The van der Waals surface area contributed by atoms with Crippen molar-refractivity contribution in [1.29, 1.82) is 0 Å². The number of hydrogen-bond acceptors (Lipinski definition) is 10. The second kappa shape index (κ2) is 25.7. The van der Waals surface area contributed by atoms with E-state index >= 15 is 0 Å². The maximum Gasteiger partial charge on any atom is 0.262 e. The highest BCUT2D eigenvalue weighted by Gasteiger charge is 2.25. The van der Waals surface area contributed by atoms with Crippen molar-refractivity contribution in [3.63, 3.8) is 0 Å². The minimum atomic E-state index is -3.88. The van der Waals surface area contributed by atoms with Crippen LogP contribution in [0.1, 0.15) is 92.7 Å². The lowest BCUT2D eigenvalue weighted by atomic mass is 9.89. The predicted octanol–water partition coefficient (Wildman–Crippen LogP) is 14.3. The van der Waals surface area contributed by atoms with E-state index < -0.39 is 45.3 Å². The fourth-order valence-electron chi connectivity index (χ4n) is 5.16. The summed E-state index contributed by atoms with van der Waals surface area (Å²) in [6, 6.07) is 25.7. The second-order valence-electron chi connectivity index (χ2n) is 14.8. The van der Waals surface area contributed by atoms with Gasteiger partial charge in [0.15, 0.2) is 0 Å². The van der Waals surface area contributed by atoms with E-state index in [1.165, 1.54) is 36.4 Å². The van der Waals surface area contributed by atoms with Gasteiger partial charge in [-0.1, -0.05) is 137 Å². The van der Waals surface area contributed by atoms with Crippen molar-refractivity contribution in [3.8, 4) is 0 Å². The summed E-state index contributed by atoms with van der Waals surface area (Å²) in [5.74, 6) is 0.613. The smallest absolute Gasteiger partial charge is 0.207 e. The monoisotopic (exact) mass is 1150 g/mol. The molecule has 0 aliphatic rings. The molecule has 0 heterocycles. The van der Waals surface area contributed by atoms with E-state index in [9.17, 15) is 42.1 Å². The van der Waals surface area contributed by atoms with E-state index in [2.05, 4.69) is 13.8 Å². The first-order valence-corrected chi connectivity index (χ1v) is 31.3. The van der Waals surface area contributed by atoms with Crippen LogP contribution in [0.15, 0.2) is 122 Å². The van der Waals surface area contributed by atoms with E-state index in [-0.39, 0.29) is 46.5 Å². The molecule has 0 atom stereocenters. The fraction of sp³-hybridized carbons (Fsp3) is 0.286. The van der Waals surface area contributed by atoms with Gasteiger partial charge in [-0.05, 0) is 109 Å². The van der Waals surface area contributed by atoms with Crippen molar-refractivity contribution >= 4 is 133 Å². The molecule has 0 saturated carbocycles. The zero-order valence-electron chi connectivity index (χ0n) is 36.1. The van der Waals surface area contributed by atoms with E-state index in [0.717, 1.165) is 33.9 Å². The average Bonchev–Trinajstić information content (AvgIpc) is 3.15. The summed E-state index contributed by atoms with van der Waals surface area (Å²) >= 11 is 16.7. The Labute approximate surface area is 421 Å². The summed E-state index contributed by atoms with van der Waals surface area (Å²) in [7, 11) is 7.80. The first-order chi connectivity index (χ1) is 29.4. The van der Waals surface area contributed by atoms with Gasteiger partial charge in [0, 0.05) is 53.4 Å². The Morgan fingerprint density at radius 1 is 0.385 bits per heavy atom. The standard InChI is InChI=1S/C15H23ClO2S.3C7H7ClO2S.C6H2Cl4O2S/c1-9(2)12-7-13(10(3)4)15(19(16,17)18)14(8-12)11(5)6;1-6-2-4-7(5-3-6)11(8,9)10;1-6-3-2-4-7(5-6)11(8,9)10;1-6-4-2-3-5-7(6)11(8,9)10;7-3-1-5(9)6(2-4(3)8)13(10,11)12/h7-11H,1-6H3;3*2-5H,1H3;1-2H. The van der Waals surface area contributed by atoms with Crippen LogP contribution >= 0.6 is 88.2 Å². The van der Waals surface area contributed by atoms with Gasteiger partial charge in [0.05, 0.1) is 34.6 Å². The molecular weight excluding hydrogens is 1110 g/mol. The number of rotatable bonds is 8. The highest BCUT2D eigenvalue weighted by molar-refractivity contribution is 8.15. The van der Waals surface area contributed by atoms with Crippen LogP contribution in [-0.4, -0.2) is 42.1 Å². The molecule has 0 aromatic heterocycles. The van der Waals surface area contributed by atoms with Crippen molar-refractivity contribution in [2.75, 3.05) is 0 Å². The van der Waals surface area contributed by atoms with E-state index in [1.54, 1.807) is 43.3 Å². The zero-order chi connectivity index (χ0) is 50.6. The number of benzene rings is 5. The van der Waals surface area contributed by atoms with Gasteiger partial charge in [0.2, 0.25) is 0 Å². The lowest BCUT2D eigenvalue weighted by Crippen LogP contribution is -2.08. The molecule has 5 rings (SSSR count). The molecule has 0 saturated heterocycles. The van der Waals surface area contributed by atoms with Gasteiger partial charge in [-0.2, -0.15) is 0 Å². The molecule has 0 radical (unpaired) electrons. The van der Waals surface area contributed by atoms with E-state index in [1.807, 2.05) is 59.7 Å². The van der Waals surface area contributed by atoms with Crippen molar-refractivity contribution in [3.05, 3.63) is 146 Å². The molecule has 0 aliphatic heterocycles. The molecule has 0 bridgehead atoms. The Morgan fingerprint density at radius 3 is 1.17 bits per heavy atom. The summed E-state index contributed by atoms with van der Waals surface area (Å²) in [4.78, 5) is 0.541. The molecule has 0 N–H and O–H groups in total. The predicted molar refractivity (Wildman–Crippen MR) is 269 cm³/mol. The third-order valence-corrected chi connectivity index (χ3v) is 16.6. The SMILES string of the molecule is CC(C)c1cc(C(C)C)c(S(=O)(=O)Cl)c(C(C)C)c1.Cc1ccc(S(=O)(=O)Cl)cc1.Cc1cccc(S(=O)(=O)Cl)c1.Cc1ccccc1S(=O)(=O)Cl.O=S(=O)(Cl)c1cc(Cl)c(Cl)cc1Cl. The maximum absolute atomic E-state index is 11.9. The zero-order valence-corrected chi connectivity index (χ0v) is 46.2. The van der Waals surface area contributed by atoms with Crippen LogP contribution in [0.2, 0.25) is 15.1 Å². The molecule has 360 valence electrons. The van der Waals surface area contributed by atoms with Crippen molar-refractivity contribution < 1.29 is 42.1 Å². The van der Waals surface area contributed by atoms with Crippen LogP contribution in [0, 0.1) is 20.8 Å². The topological polar surface area (TPSA) is 171 Å². The Balaban J connectivity index is 0.000000414. The lowest BCUT2D eigenvalue weighted by molar-refractivity contribution is 0.603. The molecule has 0 fully saturated rings. The van der Waals surface area contributed by atoms with Crippen LogP contribution < -0.4 is 0 Å². The van der Waals surface area contributed by atoms with Gasteiger partial charge < -0.3 is 0 Å². The van der Waals surface area contributed by atoms with E-state index in [0.29, 0.717) is 16.4 Å². The Bertz CT molecular complexity index is 2970. The molecule has 0 amide bonds. The van der Waals surface area contributed by atoms with Gasteiger partial charge in [0.25, 0.3) is 45.3 Å². The van der Waals surface area contributed by atoms with Crippen LogP contribution in [0.3, 0.4) is 0 Å². The third-order valence-electron chi connectivity index (χ3n) is 8.49. The largest absolute Gasteiger partial charge is 0.262 e. The summed E-state index contributed by atoms with van der Waals surface area (Å²) in [5, 5.41) is 0.213. The summed E-state index contributed by atoms with van der Waals surface area (Å²) in [6.07, 6.45) is 0. The van der Waals surface area contributed by atoms with Crippen molar-refractivity contribution in [2.45, 2.75) is 105 Å². The van der Waals surface area contributed by atoms with Gasteiger partial charge in [0.1, 0.15) is 4.90 Å². The van der Waals surface area contributed by atoms with Gasteiger partial charge in [-0.25, -0.2) is 42.1 Å². The first-order valence-electron chi connectivity index (χ1n) is 18.6. The number of hydrogen-bond donors (Lipinski definition) is 0. The van der Waals surface area contributed by atoms with Crippen LogP contribution in [-0.2, 0) is 45.3 Å². The molecule has 10 nitrogen and oxygen atoms in total. The molecule has 23 heteroatoms. The molecule has 5 aromatic rings. The minimum Gasteiger partial charge on any atom is -0.207 e. The van der Waals surface area contributed by atoms with Crippen LogP contribution in [0.4, 0.5) is 0 Å². The van der Waals surface area contributed by atoms with Crippen molar-refractivity contribution in [1.82, 2.24) is 0 Å². The van der Waals surface area contributed by atoms with Gasteiger partial charge in [-0.3, -0.25) is 0 Å². The summed E-state index contributed by atoms with van der Waals surface area (Å²) in [6.45, 7) is 17.6. The second-order valence-corrected chi connectivity index (χ2v) is 28.7. The molecule has 0 spiro atoms. The maximum atomic E-state index is 11.9. The van der Waals surface area contributed by atoms with Crippen LogP contribution in [0.5, 0.6) is 0 Å². The lowest BCUT2D eigenvalue weighted by Gasteiger charge is -2.20. The summed E-state index contributed by atoms with van der Waals surface area (Å²) < 4.78 is 110. The van der Waals surface area contributed by atoms with Crippen LogP contribution in [0.25, 0.3) is 0 Å². The number of aryl methyl sites for hydroxylation is 3. The van der Waals surface area contributed by atoms with E-state index in [4.69, 9.17) is 88.2 Å². The Hall–Kier alpha value is -1.83. The Kier molecular flexibility index (Phi) is 24.2. The first kappa shape index (κ1) is 61.2. The highest BCUT2D eigenvalue weighted by Crippen LogP contribution is 2.37. The van der Waals surface area contributed by atoms with Gasteiger partial charge >= 0.3 is 0 Å². The average molecular weight is 1150 g/mol. The number of halogens is 8. The molecular formula is C42H46Cl8O10S5. The fourth-order valence-corrected chi connectivity index (χ4v) is 11.7. The molecule has 65 heavy (non-hydrogen) atoms.